The number of para-hydroxylation sites is 1. The van der Waals surface area contributed by atoms with Crippen molar-refractivity contribution < 1.29 is 9.84 Å². The third-order valence-electron chi connectivity index (χ3n) is 3.76. The van der Waals surface area contributed by atoms with Gasteiger partial charge in [-0.2, -0.15) is 0 Å². The van der Waals surface area contributed by atoms with Gasteiger partial charge in [-0.25, -0.2) is 0 Å². The summed E-state index contributed by atoms with van der Waals surface area (Å²) < 4.78 is 5.59. The predicted octanol–water partition coefficient (Wildman–Crippen LogP) is 4.00. The lowest BCUT2D eigenvalue weighted by atomic mass is 10.1. The van der Waals surface area contributed by atoms with Gasteiger partial charge in [-0.15, -0.1) is 0 Å². The van der Waals surface area contributed by atoms with E-state index in [9.17, 15) is 5.11 Å². The zero-order valence-electron chi connectivity index (χ0n) is 12.2. The van der Waals surface area contributed by atoms with E-state index in [-0.39, 0.29) is 6.61 Å². The molecule has 5 heteroatoms. The van der Waals surface area contributed by atoms with E-state index in [1.165, 1.54) is 32.1 Å². The van der Waals surface area contributed by atoms with Gasteiger partial charge in [-0.3, -0.25) is 0 Å². The highest BCUT2D eigenvalue weighted by molar-refractivity contribution is 6.37. The Morgan fingerprint density at radius 2 is 1.62 bits per heavy atom. The van der Waals surface area contributed by atoms with Crippen molar-refractivity contribution in [3.8, 4) is 5.75 Å². The molecule has 1 atom stereocenters. The van der Waals surface area contributed by atoms with Crippen LogP contribution in [0.3, 0.4) is 0 Å². The quantitative estimate of drug-likeness (QED) is 0.885. The fourth-order valence-corrected chi connectivity index (χ4v) is 3.15. The summed E-state index contributed by atoms with van der Waals surface area (Å²) in [5.41, 5.74) is 0. The molecule has 0 spiro atoms. The summed E-state index contributed by atoms with van der Waals surface area (Å²) >= 11 is 12.1. The van der Waals surface area contributed by atoms with E-state index >= 15 is 0 Å². The van der Waals surface area contributed by atoms with E-state index in [2.05, 4.69) is 4.90 Å². The van der Waals surface area contributed by atoms with Crippen LogP contribution >= 0.6 is 23.2 Å². The van der Waals surface area contributed by atoms with Gasteiger partial charge in [0.25, 0.3) is 0 Å². The molecule has 1 N–H and O–H groups in total. The molecule has 1 heterocycles. The number of aliphatic hydroxyl groups excluding tert-OH is 1. The fraction of sp³-hybridized carbons (Fsp3) is 0.625. The molecule has 0 bridgehead atoms. The molecule has 1 aromatic carbocycles. The van der Waals surface area contributed by atoms with Gasteiger partial charge in [0.15, 0.2) is 5.75 Å². The number of hydrogen-bond donors (Lipinski definition) is 1. The number of β-amino-alcohol motifs (C(OH)–C–C–N with tert-alkyl or cyclic N) is 1. The number of rotatable bonds is 5. The Kier molecular flexibility index (Phi) is 7.11. The van der Waals surface area contributed by atoms with E-state index in [1.807, 2.05) is 0 Å². The van der Waals surface area contributed by atoms with Gasteiger partial charge in [0.05, 0.1) is 10.0 Å². The van der Waals surface area contributed by atoms with Crippen LogP contribution in [-0.4, -0.2) is 42.4 Å². The maximum Gasteiger partial charge on any atom is 0.156 e. The molecule has 0 aliphatic carbocycles. The lowest BCUT2D eigenvalue weighted by molar-refractivity contribution is 0.0655. The normalized spacial score (nSPS) is 18.8. The molecule has 3 nitrogen and oxygen atoms in total. The first-order valence-corrected chi connectivity index (χ1v) is 8.39. The van der Waals surface area contributed by atoms with Crippen LogP contribution in [0, 0.1) is 0 Å². The maximum absolute atomic E-state index is 10.2. The van der Waals surface area contributed by atoms with Crippen LogP contribution in [0.2, 0.25) is 10.0 Å². The molecule has 118 valence electrons. The van der Waals surface area contributed by atoms with E-state index < -0.39 is 6.10 Å². The second-order valence-electron chi connectivity index (χ2n) is 5.58. The van der Waals surface area contributed by atoms with Crippen LogP contribution < -0.4 is 4.74 Å². The summed E-state index contributed by atoms with van der Waals surface area (Å²) in [6, 6.07) is 5.23. The van der Waals surface area contributed by atoms with Crippen molar-refractivity contribution in [3.63, 3.8) is 0 Å². The predicted molar refractivity (Wildman–Crippen MR) is 87.5 cm³/mol. The maximum atomic E-state index is 10.2. The van der Waals surface area contributed by atoms with Crippen molar-refractivity contribution in [3.05, 3.63) is 28.2 Å². The van der Waals surface area contributed by atoms with Gasteiger partial charge in [-0.05, 0) is 38.1 Å². The molecule has 0 aromatic heterocycles. The van der Waals surface area contributed by atoms with Gasteiger partial charge >= 0.3 is 0 Å². The van der Waals surface area contributed by atoms with Gasteiger partial charge in [0, 0.05) is 6.54 Å². The summed E-state index contributed by atoms with van der Waals surface area (Å²) in [6.07, 6.45) is 5.81. The Balaban J connectivity index is 1.79. The summed E-state index contributed by atoms with van der Waals surface area (Å²) in [5.74, 6) is 0.451. The first-order chi connectivity index (χ1) is 10.2. The average Bonchev–Trinajstić information content (AvgIpc) is 2.41. The molecule has 1 aromatic rings. The Morgan fingerprint density at radius 3 is 2.24 bits per heavy atom. The van der Waals surface area contributed by atoms with Crippen LogP contribution in [0.1, 0.15) is 32.1 Å². The SMILES string of the molecule is O[C@@H](COc1c(Cl)cccc1Cl)CN1CCCCCCC1. The summed E-state index contributed by atoms with van der Waals surface area (Å²) in [5, 5.41) is 11.1. The molecule has 2 rings (SSSR count). The topological polar surface area (TPSA) is 32.7 Å². The van der Waals surface area contributed by atoms with Gasteiger partial charge < -0.3 is 14.7 Å². The smallest absolute Gasteiger partial charge is 0.156 e. The van der Waals surface area contributed by atoms with Gasteiger partial charge in [0.1, 0.15) is 12.7 Å². The standard InChI is InChI=1S/C16H23Cl2NO2/c17-14-7-6-8-15(18)16(14)21-12-13(20)11-19-9-4-2-1-3-5-10-19/h6-8,13,20H,1-5,9-12H2/t13-/m1/s1. The second-order valence-corrected chi connectivity index (χ2v) is 6.40. The van der Waals surface area contributed by atoms with Gasteiger partial charge in [-0.1, -0.05) is 48.5 Å². The monoisotopic (exact) mass is 331 g/mol. The second kappa shape index (κ2) is 8.84. The molecule has 0 unspecified atom stereocenters. The number of aliphatic hydroxyl groups is 1. The van der Waals surface area contributed by atoms with Crippen molar-refractivity contribution in [1.82, 2.24) is 4.90 Å². The van der Waals surface area contributed by atoms with Crippen LogP contribution in [0.4, 0.5) is 0 Å². The third kappa shape index (κ3) is 5.67. The van der Waals surface area contributed by atoms with Crippen LogP contribution in [-0.2, 0) is 0 Å². The first kappa shape index (κ1) is 16.9. The minimum atomic E-state index is -0.531. The Hall–Kier alpha value is -0.480. The highest BCUT2D eigenvalue weighted by atomic mass is 35.5. The van der Waals surface area contributed by atoms with Crippen LogP contribution in [0.5, 0.6) is 5.75 Å². The van der Waals surface area contributed by atoms with E-state index in [0.717, 1.165) is 13.1 Å². The molecule has 0 radical (unpaired) electrons. The number of ether oxygens (including phenoxy) is 1. The molecule has 0 amide bonds. The van der Waals surface area contributed by atoms with E-state index in [1.54, 1.807) is 18.2 Å². The Bertz CT molecular complexity index is 414. The fourth-order valence-electron chi connectivity index (χ4n) is 2.65. The minimum absolute atomic E-state index is 0.208. The molecular weight excluding hydrogens is 309 g/mol. The highest BCUT2D eigenvalue weighted by Gasteiger charge is 2.15. The zero-order valence-corrected chi connectivity index (χ0v) is 13.7. The molecule has 1 aliphatic rings. The van der Waals surface area contributed by atoms with Crippen molar-refractivity contribution >= 4 is 23.2 Å². The first-order valence-electron chi connectivity index (χ1n) is 7.64. The largest absolute Gasteiger partial charge is 0.488 e. The molecule has 21 heavy (non-hydrogen) atoms. The number of likely N-dealkylation sites (tertiary alicyclic amines) is 1. The molecule has 0 saturated carbocycles. The molecule has 1 saturated heterocycles. The number of nitrogens with zero attached hydrogens (tertiary/aromatic N) is 1. The lowest BCUT2D eigenvalue weighted by Gasteiger charge is -2.26. The molecular formula is C16H23Cl2NO2. The summed E-state index contributed by atoms with van der Waals surface area (Å²) in [7, 11) is 0. The van der Waals surface area contributed by atoms with Crippen LogP contribution in [0.15, 0.2) is 18.2 Å². The number of halogens is 2. The zero-order chi connectivity index (χ0) is 15.1. The average molecular weight is 332 g/mol. The number of benzene rings is 1. The molecule has 1 aliphatic heterocycles. The van der Waals surface area contributed by atoms with E-state index in [4.69, 9.17) is 27.9 Å². The van der Waals surface area contributed by atoms with Crippen molar-refractivity contribution in [1.29, 1.82) is 0 Å². The lowest BCUT2D eigenvalue weighted by Crippen LogP contribution is -2.37. The Labute approximate surface area is 136 Å². The minimum Gasteiger partial charge on any atom is -0.488 e. The van der Waals surface area contributed by atoms with Crippen LogP contribution in [0.25, 0.3) is 0 Å². The van der Waals surface area contributed by atoms with Crippen molar-refractivity contribution in [2.45, 2.75) is 38.2 Å². The summed E-state index contributed by atoms with van der Waals surface area (Å²) in [6.45, 7) is 2.97. The van der Waals surface area contributed by atoms with Gasteiger partial charge in [0.2, 0.25) is 0 Å². The third-order valence-corrected chi connectivity index (χ3v) is 4.35. The molecule has 1 fully saturated rings. The van der Waals surface area contributed by atoms with E-state index in [0.29, 0.717) is 22.3 Å². The van der Waals surface area contributed by atoms with Crippen molar-refractivity contribution in [2.75, 3.05) is 26.2 Å². The number of hydrogen-bond acceptors (Lipinski definition) is 3. The Morgan fingerprint density at radius 1 is 1.05 bits per heavy atom. The summed E-state index contributed by atoms with van der Waals surface area (Å²) in [4.78, 5) is 2.32. The van der Waals surface area contributed by atoms with Crippen molar-refractivity contribution in [2.24, 2.45) is 0 Å². The highest BCUT2D eigenvalue weighted by Crippen LogP contribution is 2.32.